The number of carbonyl (C=O) groups excluding carboxylic acids is 3. The summed E-state index contributed by atoms with van der Waals surface area (Å²) in [6.07, 6.45) is 4.33. The Balaban J connectivity index is 1.65. The molecule has 0 radical (unpaired) electrons. The fraction of sp³-hybridized carbons (Fsp3) is 0.429. The summed E-state index contributed by atoms with van der Waals surface area (Å²) in [6.45, 7) is 0.871. The number of rotatable bonds is 6. The molecule has 0 saturated carbocycles. The minimum atomic E-state index is -0.689. The molecule has 0 aromatic carbocycles. The number of nitrogens with zero attached hydrogens (tertiary/aromatic N) is 1. The molecule has 1 aliphatic rings. The number of hydrogen-bond acceptors (Lipinski definition) is 5. The normalized spacial score (nSPS) is 17.9. The van der Waals surface area contributed by atoms with E-state index in [9.17, 15) is 14.4 Å². The molecule has 22 heavy (non-hydrogen) atoms. The van der Waals surface area contributed by atoms with Gasteiger partial charge in [0.05, 0.1) is 12.8 Å². The second-order valence-electron chi connectivity index (χ2n) is 4.79. The van der Waals surface area contributed by atoms with Gasteiger partial charge in [0.1, 0.15) is 11.8 Å². The number of carbonyl (C=O) groups is 3. The number of amides is 4. The first-order valence-corrected chi connectivity index (χ1v) is 7.06. The van der Waals surface area contributed by atoms with Crippen LogP contribution in [0.15, 0.2) is 24.5 Å². The molecule has 1 aromatic heterocycles. The summed E-state index contributed by atoms with van der Waals surface area (Å²) in [7, 11) is 0. The predicted molar refractivity (Wildman–Crippen MR) is 77.1 cm³/mol. The van der Waals surface area contributed by atoms with E-state index >= 15 is 0 Å². The van der Waals surface area contributed by atoms with Crippen LogP contribution in [0.25, 0.3) is 0 Å². The van der Waals surface area contributed by atoms with Crippen molar-refractivity contribution in [3.63, 3.8) is 0 Å². The van der Waals surface area contributed by atoms with Crippen molar-refractivity contribution < 1.29 is 19.1 Å². The van der Waals surface area contributed by atoms with Gasteiger partial charge in [-0.3, -0.25) is 19.9 Å². The molecule has 1 aliphatic heterocycles. The second-order valence-corrected chi connectivity index (χ2v) is 4.79. The fourth-order valence-electron chi connectivity index (χ4n) is 1.96. The Labute approximate surface area is 127 Å². The lowest BCUT2D eigenvalue weighted by Crippen LogP contribution is -2.48. The summed E-state index contributed by atoms with van der Waals surface area (Å²) < 4.78 is 5.45. The van der Waals surface area contributed by atoms with E-state index in [0.717, 1.165) is 0 Å². The maximum absolute atomic E-state index is 11.9. The Morgan fingerprint density at radius 1 is 1.45 bits per heavy atom. The summed E-state index contributed by atoms with van der Waals surface area (Å²) in [5.41, 5.74) is 0. The number of urea groups is 1. The lowest BCUT2D eigenvalue weighted by Gasteiger charge is -2.14. The molecule has 2 heterocycles. The van der Waals surface area contributed by atoms with Crippen LogP contribution in [0.2, 0.25) is 0 Å². The number of nitrogens with one attached hydrogen (secondary N) is 3. The van der Waals surface area contributed by atoms with Gasteiger partial charge in [0.25, 0.3) is 0 Å². The van der Waals surface area contributed by atoms with Gasteiger partial charge in [-0.1, -0.05) is 0 Å². The highest BCUT2D eigenvalue weighted by Crippen LogP contribution is 2.06. The second kappa shape index (κ2) is 7.96. The van der Waals surface area contributed by atoms with Gasteiger partial charge in [-0.05, 0) is 25.0 Å². The Hall–Kier alpha value is -2.64. The summed E-state index contributed by atoms with van der Waals surface area (Å²) in [6, 6.07) is 2.26. The van der Waals surface area contributed by atoms with Gasteiger partial charge < -0.3 is 15.4 Å². The van der Waals surface area contributed by atoms with Crippen molar-refractivity contribution in [2.24, 2.45) is 0 Å². The minimum Gasteiger partial charge on any atom is -0.492 e. The summed E-state index contributed by atoms with van der Waals surface area (Å²) >= 11 is 0. The average Bonchev–Trinajstić information content (AvgIpc) is 2.68. The molecular weight excluding hydrogens is 288 g/mol. The highest BCUT2D eigenvalue weighted by molar-refractivity contribution is 5.98. The molecule has 118 valence electrons. The zero-order chi connectivity index (χ0) is 15.8. The standard InChI is InChI=1S/C14H18N4O4/c19-12-5-4-11(17-14(21)18-12)13(20)16-7-2-8-22-10-3-1-6-15-9-10/h1,3,6,9,11H,2,4-5,7-8H2,(H,16,20)(H2,17,18,19,21)/t11-/m0/s1. The molecule has 0 spiro atoms. The number of hydrogen-bond donors (Lipinski definition) is 3. The smallest absolute Gasteiger partial charge is 0.322 e. The molecule has 1 fully saturated rings. The third-order valence-electron chi connectivity index (χ3n) is 3.06. The van der Waals surface area contributed by atoms with Crippen LogP contribution in [0.4, 0.5) is 4.79 Å². The molecule has 0 aliphatic carbocycles. The Morgan fingerprint density at radius 2 is 2.32 bits per heavy atom. The van der Waals surface area contributed by atoms with Crippen molar-refractivity contribution in [1.82, 2.24) is 20.9 Å². The Morgan fingerprint density at radius 3 is 3.09 bits per heavy atom. The summed E-state index contributed by atoms with van der Waals surface area (Å²) in [4.78, 5) is 38.3. The highest BCUT2D eigenvalue weighted by atomic mass is 16.5. The van der Waals surface area contributed by atoms with E-state index in [4.69, 9.17) is 4.74 Å². The van der Waals surface area contributed by atoms with E-state index in [0.29, 0.717) is 25.3 Å². The maximum Gasteiger partial charge on any atom is 0.322 e. The molecule has 2 rings (SSSR count). The van der Waals surface area contributed by atoms with E-state index in [2.05, 4.69) is 20.9 Å². The molecule has 1 atom stereocenters. The van der Waals surface area contributed by atoms with Crippen LogP contribution in [-0.2, 0) is 9.59 Å². The van der Waals surface area contributed by atoms with Gasteiger partial charge >= 0.3 is 6.03 Å². The average molecular weight is 306 g/mol. The molecule has 0 bridgehead atoms. The fourth-order valence-corrected chi connectivity index (χ4v) is 1.96. The Bertz CT molecular complexity index is 535. The number of ether oxygens (including phenoxy) is 1. The molecule has 1 saturated heterocycles. The van der Waals surface area contributed by atoms with Crippen LogP contribution in [-0.4, -0.2) is 42.0 Å². The number of imide groups is 1. The first kappa shape index (κ1) is 15.7. The first-order valence-electron chi connectivity index (χ1n) is 7.06. The van der Waals surface area contributed by atoms with E-state index in [-0.39, 0.29) is 24.7 Å². The highest BCUT2D eigenvalue weighted by Gasteiger charge is 2.25. The molecule has 1 aromatic rings. The lowest BCUT2D eigenvalue weighted by molar-refractivity contribution is -0.123. The van der Waals surface area contributed by atoms with Crippen molar-refractivity contribution >= 4 is 17.8 Å². The van der Waals surface area contributed by atoms with E-state index in [1.807, 2.05) is 0 Å². The van der Waals surface area contributed by atoms with Gasteiger partial charge in [0.15, 0.2) is 0 Å². The van der Waals surface area contributed by atoms with Crippen molar-refractivity contribution in [1.29, 1.82) is 0 Å². The SMILES string of the molecule is O=C1CC[C@@H](C(=O)NCCCOc2cccnc2)NC(=O)N1. The van der Waals surface area contributed by atoms with Gasteiger partial charge in [-0.15, -0.1) is 0 Å². The van der Waals surface area contributed by atoms with Crippen molar-refractivity contribution in [2.45, 2.75) is 25.3 Å². The summed E-state index contributed by atoms with van der Waals surface area (Å²) in [5.74, 6) is -0.00153. The molecule has 8 nitrogen and oxygen atoms in total. The van der Waals surface area contributed by atoms with Gasteiger partial charge in [-0.2, -0.15) is 0 Å². The molecule has 8 heteroatoms. The lowest BCUT2D eigenvalue weighted by atomic mass is 10.1. The number of aromatic nitrogens is 1. The van der Waals surface area contributed by atoms with Crippen LogP contribution < -0.4 is 20.7 Å². The first-order chi connectivity index (χ1) is 10.6. The molecular formula is C14H18N4O4. The molecule has 0 unspecified atom stereocenters. The largest absolute Gasteiger partial charge is 0.492 e. The minimum absolute atomic E-state index is 0.140. The van der Waals surface area contributed by atoms with E-state index in [1.165, 1.54) is 0 Å². The third-order valence-corrected chi connectivity index (χ3v) is 3.06. The zero-order valence-electron chi connectivity index (χ0n) is 12.0. The van der Waals surface area contributed by atoms with Crippen LogP contribution in [0.1, 0.15) is 19.3 Å². The zero-order valence-corrected chi connectivity index (χ0v) is 12.0. The quantitative estimate of drug-likeness (QED) is 0.639. The van der Waals surface area contributed by atoms with Crippen LogP contribution in [0.3, 0.4) is 0 Å². The predicted octanol–water partition coefficient (Wildman–Crippen LogP) is -0.0451. The van der Waals surface area contributed by atoms with Gasteiger partial charge in [0.2, 0.25) is 11.8 Å². The summed E-state index contributed by atoms with van der Waals surface area (Å²) in [5, 5.41) is 7.29. The van der Waals surface area contributed by atoms with Gasteiger partial charge in [-0.25, -0.2) is 4.79 Å². The van der Waals surface area contributed by atoms with Crippen LogP contribution >= 0.6 is 0 Å². The van der Waals surface area contributed by atoms with Gasteiger partial charge in [0, 0.05) is 19.2 Å². The van der Waals surface area contributed by atoms with Crippen molar-refractivity contribution in [3.05, 3.63) is 24.5 Å². The van der Waals surface area contributed by atoms with E-state index < -0.39 is 12.1 Å². The third kappa shape index (κ3) is 5.04. The molecule has 4 amide bonds. The van der Waals surface area contributed by atoms with Crippen molar-refractivity contribution in [3.8, 4) is 5.75 Å². The van der Waals surface area contributed by atoms with Crippen LogP contribution in [0, 0.1) is 0 Å². The van der Waals surface area contributed by atoms with Crippen molar-refractivity contribution in [2.75, 3.05) is 13.2 Å². The Kier molecular flexibility index (Phi) is 5.70. The topological polar surface area (TPSA) is 109 Å². The monoisotopic (exact) mass is 306 g/mol. The van der Waals surface area contributed by atoms with E-state index in [1.54, 1.807) is 24.5 Å². The maximum atomic E-state index is 11.9. The number of pyridine rings is 1. The molecule has 3 N–H and O–H groups in total. The van der Waals surface area contributed by atoms with Crippen LogP contribution in [0.5, 0.6) is 5.75 Å².